The van der Waals surface area contributed by atoms with E-state index in [0.29, 0.717) is 17.3 Å². The molecule has 0 aliphatic carbocycles. The average molecular weight is 293 g/mol. The molecule has 1 aromatic carbocycles. The number of nitrogens with one attached hydrogen (secondary N) is 2. The summed E-state index contributed by atoms with van der Waals surface area (Å²) in [6.07, 6.45) is 5.01. The minimum absolute atomic E-state index is 0.0301. The van der Waals surface area contributed by atoms with E-state index in [4.69, 9.17) is 17.4 Å². The van der Waals surface area contributed by atoms with Gasteiger partial charge in [-0.25, -0.2) is 20.2 Å². The van der Waals surface area contributed by atoms with Gasteiger partial charge in [-0.15, -0.1) is 0 Å². The summed E-state index contributed by atoms with van der Waals surface area (Å²) >= 11 is 5.75. The Morgan fingerprint density at radius 3 is 3.00 bits per heavy atom. The quantitative estimate of drug-likeness (QED) is 0.511. The first-order valence-corrected chi connectivity index (χ1v) is 6.08. The molecule has 0 atom stereocenters. The second kappa shape index (κ2) is 4.95. The summed E-state index contributed by atoms with van der Waals surface area (Å²) in [5.41, 5.74) is 3.20. The van der Waals surface area contributed by atoms with Gasteiger partial charge in [0.2, 0.25) is 0 Å². The van der Waals surface area contributed by atoms with Crippen LogP contribution in [0, 0.1) is 5.82 Å². The van der Waals surface area contributed by atoms with Crippen LogP contribution in [0.2, 0.25) is 5.02 Å². The van der Waals surface area contributed by atoms with Crippen LogP contribution in [0.3, 0.4) is 0 Å². The van der Waals surface area contributed by atoms with Gasteiger partial charge in [0.15, 0.2) is 23.1 Å². The molecule has 0 unspecified atom stereocenters. The van der Waals surface area contributed by atoms with Crippen molar-refractivity contribution in [1.82, 2.24) is 14.4 Å². The summed E-state index contributed by atoms with van der Waals surface area (Å²) in [6.45, 7) is 0. The number of nitrogens with zero attached hydrogens (tertiary/aromatic N) is 3. The van der Waals surface area contributed by atoms with Crippen LogP contribution in [0.15, 0.2) is 36.8 Å². The highest BCUT2D eigenvalue weighted by Crippen LogP contribution is 2.26. The molecule has 2 aromatic heterocycles. The van der Waals surface area contributed by atoms with Gasteiger partial charge in [0, 0.05) is 12.4 Å². The topological polar surface area (TPSA) is 80.3 Å². The Morgan fingerprint density at radius 2 is 2.20 bits per heavy atom. The van der Waals surface area contributed by atoms with Gasteiger partial charge in [0.05, 0.1) is 16.9 Å². The minimum atomic E-state index is -0.549. The van der Waals surface area contributed by atoms with Gasteiger partial charge in [-0.2, -0.15) is 0 Å². The predicted molar refractivity (Wildman–Crippen MR) is 75.5 cm³/mol. The fourth-order valence-corrected chi connectivity index (χ4v) is 1.99. The van der Waals surface area contributed by atoms with Crippen molar-refractivity contribution in [3.8, 4) is 0 Å². The molecule has 0 radical (unpaired) electrons. The van der Waals surface area contributed by atoms with E-state index in [1.807, 2.05) is 0 Å². The average Bonchev–Trinajstić information content (AvgIpc) is 2.92. The molecule has 3 rings (SSSR count). The summed E-state index contributed by atoms with van der Waals surface area (Å²) in [5.74, 6) is 5.59. The van der Waals surface area contributed by atoms with E-state index >= 15 is 0 Å². The molecule has 0 spiro atoms. The smallest absolute Gasteiger partial charge is 0.180 e. The highest BCUT2D eigenvalue weighted by Gasteiger charge is 2.11. The molecule has 0 saturated heterocycles. The largest absolute Gasteiger partial charge is 0.335 e. The van der Waals surface area contributed by atoms with Crippen LogP contribution >= 0.6 is 11.6 Å². The Bertz CT molecular complexity index is 772. The molecule has 0 aliphatic heterocycles. The Labute approximate surface area is 118 Å². The van der Waals surface area contributed by atoms with Crippen molar-refractivity contribution in [1.29, 1.82) is 0 Å². The molecule has 2 heterocycles. The molecule has 0 fully saturated rings. The third-order valence-electron chi connectivity index (χ3n) is 2.73. The van der Waals surface area contributed by atoms with Crippen LogP contribution in [-0.2, 0) is 0 Å². The highest BCUT2D eigenvalue weighted by atomic mass is 35.5. The molecule has 0 bridgehead atoms. The number of benzene rings is 1. The van der Waals surface area contributed by atoms with Gasteiger partial charge < -0.3 is 15.1 Å². The lowest BCUT2D eigenvalue weighted by Gasteiger charge is -2.10. The molecule has 4 N–H and O–H groups in total. The third-order valence-corrected chi connectivity index (χ3v) is 3.02. The monoisotopic (exact) mass is 292 g/mol. The molecule has 20 heavy (non-hydrogen) atoms. The molecule has 8 heteroatoms. The van der Waals surface area contributed by atoms with Crippen molar-refractivity contribution in [2.75, 3.05) is 10.7 Å². The normalized spacial score (nSPS) is 10.8. The summed E-state index contributed by atoms with van der Waals surface area (Å²) in [6, 6.07) is 4.67. The van der Waals surface area contributed by atoms with Gasteiger partial charge in [-0.3, -0.25) is 0 Å². The van der Waals surface area contributed by atoms with Crippen molar-refractivity contribution in [3.63, 3.8) is 0 Å². The third kappa shape index (κ3) is 2.13. The number of fused-ring (bicyclic) bond motifs is 1. The SMILES string of the molecule is NNc1cn2ccnc2c(Nc2cccc(Cl)c2F)n1. The Morgan fingerprint density at radius 1 is 1.35 bits per heavy atom. The van der Waals surface area contributed by atoms with Crippen molar-refractivity contribution in [2.24, 2.45) is 5.84 Å². The van der Waals surface area contributed by atoms with Crippen LogP contribution in [0.4, 0.5) is 21.7 Å². The molecule has 0 saturated carbocycles. The van der Waals surface area contributed by atoms with Crippen LogP contribution in [0.1, 0.15) is 0 Å². The van der Waals surface area contributed by atoms with Crippen LogP contribution in [0.5, 0.6) is 0 Å². The lowest BCUT2D eigenvalue weighted by atomic mass is 10.3. The first-order valence-electron chi connectivity index (χ1n) is 5.70. The van der Waals surface area contributed by atoms with Crippen LogP contribution in [-0.4, -0.2) is 14.4 Å². The second-order valence-corrected chi connectivity index (χ2v) is 4.41. The number of nitrogens with two attached hydrogens (primary N) is 1. The second-order valence-electron chi connectivity index (χ2n) is 4.00. The maximum atomic E-state index is 13.9. The molecular formula is C12H10ClFN6. The number of halogens is 2. The van der Waals surface area contributed by atoms with Crippen molar-refractivity contribution in [3.05, 3.63) is 47.6 Å². The fourth-order valence-electron chi connectivity index (χ4n) is 1.81. The van der Waals surface area contributed by atoms with Crippen molar-refractivity contribution < 1.29 is 4.39 Å². The zero-order valence-electron chi connectivity index (χ0n) is 10.1. The zero-order chi connectivity index (χ0) is 14.1. The summed E-state index contributed by atoms with van der Waals surface area (Å²) in [5, 5.41) is 2.90. The number of aromatic nitrogens is 3. The molecule has 0 amide bonds. The minimum Gasteiger partial charge on any atom is -0.335 e. The number of hydrogen-bond acceptors (Lipinski definition) is 5. The zero-order valence-corrected chi connectivity index (χ0v) is 10.9. The summed E-state index contributed by atoms with van der Waals surface area (Å²) in [4.78, 5) is 8.37. The van der Waals surface area contributed by atoms with Crippen molar-refractivity contribution in [2.45, 2.75) is 0 Å². The first-order chi connectivity index (χ1) is 9.69. The van der Waals surface area contributed by atoms with Gasteiger partial charge in [-0.1, -0.05) is 17.7 Å². The number of hydrazine groups is 1. The lowest BCUT2D eigenvalue weighted by molar-refractivity contribution is 0.632. The maximum Gasteiger partial charge on any atom is 0.180 e. The number of nitrogen functional groups attached to an aromatic ring is 1. The van der Waals surface area contributed by atoms with E-state index in [1.165, 1.54) is 6.07 Å². The predicted octanol–water partition coefficient (Wildman–Crippen LogP) is 2.55. The van der Waals surface area contributed by atoms with E-state index < -0.39 is 5.82 Å². The molecule has 6 nitrogen and oxygen atoms in total. The van der Waals surface area contributed by atoms with E-state index in [-0.39, 0.29) is 10.7 Å². The van der Waals surface area contributed by atoms with Gasteiger partial charge >= 0.3 is 0 Å². The molecule has 102 valence electrons. The standard InChI is InChI=1S/C12H10ClFN6/c13-7-2-1-3-8(10(7)14)17-11-12-16-4-5-20(12)6-9(18-11)19-15/h1-6,19H,15H2,(H,17,18). The van der Waals surface area contributed by atoms with Crippen LogP contribution < -0.4 is 16.6 Å². The molecule has 3 aromatic rings. The summed E-state index contributed by atoms with van der Waals surface area (Å²) in [7, 11) is 0. The number of anilines is 3. The Kier molecular flexibility index (Phi) is 3.13. The van der Waals surface area contributed by atoms with Gasteiger partial charge in [-0.05, 0) is 12.1 Å². The Balaban J connectivity index is 2.10. The van der Waals surface area contributed by atoms with Gasteiger partial charge in [0.1, 0.15) is 0 Å². The lowest BCUT2D eigenvalue weighted by Crippen LogP contribution is -2.11. The first kappa shape index (κ1) is 12.6. The number of rotatable bonds is 3. The Hall–Kier alpha value is -2.38. The summed E-state index contributed by atoms with van der Waals surface area (Å²) < 4.78 is 15.6. The highest BCUT2D eigenvalue weighted by molar-refractivity contribution is 6.31. The van der Waals surface area contributed by atoms with Crippen LogP contribution in [0.25, 0.3) is 5.65 Å². The van der Waals surface area contributed by atoms with E-state index in [9.17, 15) is 4.39 Å². The van der Waals surface area contributed by atoms with Gasteiger partial charge in [0.25, 0.3) is 0 Å². The van der Waals surface area contributed by atoms with E-state index in [0.717, 1.165) is 0 Å². The van der Waals surface area contributed by atoms with E-state index in [1.54, 1.807) is 35.1 Å². The molecule has 0 aliphatic rings. The van der Waals surface area contributed by atoms with Crippen molar-refractivity contribution >= 4 is 34.6 Å². The number of hydrogen-bond donors (Lipinski definition) is 3. The van der Waals surface area contributed by atoms with E-state index in [2.05, 4.69) is 20.7 Å². The molecular weight excluding hydrogens is 283 g/mol. The maximum absolute atomic E-state index is 13.9. The number of imidazole rings is 1. The fraction of sp³-hybridized carbons (Fsp3) is 0.